The predicted octanol–water partition coefficient (Wildman–Crippen LogP) is 6.60. The number of hydrogen-bond acceptors (Lipinski definition) is 2. The van der Waals surface area contributed by atoms with Gasteiger partial charge in [-0.25, -0.2) is 4.98 Å². The molecule has 1 aromatic heterocycles. The van der Waals surface area contributed by atoms with E-state index in [2.05, 4.69) is 72.5 Å². The van der Waals surface area contributed by atoms with E-state index in [0.717, 1.165) is 33.6 Å². The molecule has 1 saturated heterocycles. The van der Waals surface area contributed by atoms with E-state index in [-0.39, 0.29) is 11.8 Å². The van der Waals surface area contributed by atoms with Crippen molar-refractivity contribution in [2.75, 3.05) is 11.4 Å². The lowest BCUT2D eigenvalue weighted by Crippen LogP contribution is -2.25. The van der Waals surface area contributed by atoms with Crippen molar-refractivity contribution >= 4 is 38.6 Å². The van der Waals surface area contributed by atoms with E-state index in [0.29, 0.717) is 13.0 Å². The smallest absolute Gasteiger partial charge is 0.227 e. The summed E-state index contributed by atoms with van der Waals surface area (Å²) < 4.78 is 3.28. The van der Waals surface area contributed by atoms with Crippen LogP contribution >= 0.6 is 15.9 Å². The number of amides is 1. The highest BCUT2D eigenvalue weighted by Crippen LogP contribution is 2.36. The van der Waals surface area contributed by atoms with E-state index < -0.39 is 0 Å². The summed E-state index contributed by atoms with van der Waals surface area (Å²) in [6.45, 7) is 10.2. The van der Waals surface area contributed by atoms with Crippen molar-refractivity contribution in [1.82, 2.24) is 9.55 Å². The number of hydrogen-bond donors (Lipinski definition) is 0. The van der Waals surface area contributed by atoms with Crippen molar-refractivity contribution in [3.8, 4) is 0 Å². The Bertz CT molecular complexity index is 1360. The lowest BCUT2D eigenvalue weighted by Gasteiger charge is -2.20. The second kappa shape index (κ2) is 8.45. The Hall–Kier alpha value is -2.92. The number of anilines is 1. The molecule has 0 saturated carbocycles. The van der Waals surface area contributed by atoms with Gasteiger partial charge in [-0.2, -0.15) is 0 Å². The van der Waals surface area contributed by atoms with Crippen LogP contribution in [-0.4, -0.2) is 22.0 Å². The number of imidazole rings is 1. The first kappa shape index (κ1) is 21.9. The van der Waals surface area contributed by atoms with E-state index in [1.807, 2.05) is 35.2 Å². The Morgan fingerprint density at radius 1 is 0.970 bits per heavy atom. The quantitative estimate of drug-likeness (QED) is 0.315. The number of nitrogens with zero attached hydrogens (tertiary/aromatic N) is 3. The van der Waals surface area contributed by atoms with Gasteiger partial charge in [0.15, 0.2) is 0 Å². The summed E-state index contributed by atoms with van der Waals surface area (Å²) in [5.41, 5.74) is 9.68. The normalized spacial score (nSPS) is 16.2. The van der Waals surface area contributed by atoms with Crippen LogP contribution in [0.3, 0.4) is 0 Å². The van der Waals surface area contributed by atoms with Crippen LogP contribution in [0, 0.1) is 27.7 Å². The number of rotatable bonds is 4. The number of aryl methyl sites for hydroxylation is 2. The van der Waals surface area contributed by atoms with Gasteiger partial charge in [0.1, 0.15) is 5.82 Å². The molecule has 0 aliphatic carbocycles. The SMILES string of the molecule is Cc1cc(C)c(C)c(Cn2c(C3CC(=O)N(c4ccccc4Br)C3)nc3ccccc32)c1C. The van der Waals surface area contributed by atoms with Gasteiger partial charge in [0.2, 0.25) is 5.91 Å². The zero-order chi connectivity index (χ0) is 23.3. The van der Waals surface area contributed by atoms with Gasteiger partial charge in [-0.1, -0.05) is 30.3 Å². The van der Waals surface area contributed by atoms with Crippen molar-refractivity contribution in [2.24, 2.45) is 0 Å². The Morgan fingerprint density at radius 3 is 2.36 bits per heavy atom. The summed E-state index contributed by atoms with van der Waals surface area (Å²) in [6.07, 6.45) is 0.468. The summed E-state index contributed by atoms with van der Waals surface area (Å²) in [5, 5.41) is 0. The fraction of sp³-hybridized carbons (Fsp3) is 0.286. The third kappa shape index (κ3) is 3.78. The van der Waals surface area contributed by atoms with Crippen LogP contribution in [-0.2, 0) is 11.3 Å². The van der Waals surface area contributed by atoms with Gasteiger partial charge in [0, 0.05) is 29.9 Å². The lowest BCUT2D eigenvalue weighted by molar-refractivity contribution is -0.117. The molecule has 1 aliphatic heterocycles. The molecule has 3 aromatic carbocycles. The van der Waals surface area contributed by atoms with Crippen LogP contribution in [0.4, 0.5) is 5.69 Å². The summed E-state index contributed by atoms with van der Waals surface area (Å²) >= 11 is 3.61. The van der Waals surface area contributed by atoms with E-state index in [4.69, 9.17) is 4.98 Å². The molecule has 2 heterocycles. The largest absolute Gasteiger partial charge is 0.323 e. The standard InChI is InChI=1S/C28H28BrN3O/c1-17-13-18(2)20(4)22(19(17)3)16-32-26-12-8-6-10-24(26)30-28(32)21-14-27(33)31(15-21)25-11-7-5-9-23(25)29/h5-13,21H,14-16H2,1-4H3. The third-order valence-electron chi connectivity index (χ3n) is 7.16. The first-order chi connectivity index (χ1) is 15.8. The monoisotopic (exact) mass is 501 g/mol. The fourth-order valence-electron chi connectivity index (χ4n) is 5.05. The molecule has 1 fully saturated rings. The van der Waals surface area contributed by atoms with Crippen LogP contribution in [0.15, 0.2) is 59.1 Å². The Balaban J connectivity index is 1.59. The summed E-state index contributed by atoms with van der Waals surface area (Å²) in [6, 6.07) is 18.5. The van der Waals surface area contributed by atoms with Crippen LogP contribution < -0.4 is 4.90 Å². The molecule has 1 unspecified atom stereocenters. The number of carbonyl (C=O) groups excluding carboxylic acids is 1. The minimum atomic E-state index is 0.0449. The molecule has 168 valence electrons. The first-order valence-electron chi connectivity index (χ1n) is 11.4. The Kier molecular flexibility index (Phi) is 5.61. The van der Waals surface area contributed by atoms with E-state index >= 15 is 0 Å². The first-order valence-corrected chi connectivity index (χ1v) is 12.2. The molecule has 4 aromatic rings. The van der Waals surface area contributed by atoms with Crippen LogP contribution in [0.5, 0.6) is 0 Å². The highest BCUT2D eigenvalue weighted by Gasteiger charge is 2.35. The zero-order valence-electron chi connectivity index (χ0n) is 19.5. The van der Waals surface area contributed by atoms with Crippen molar-refractivity contribution in [2.45, 2.75) is 46.6 Å². The molecule has 33 heavy (non-hydrogen) atoms. The van der Waals surface area contributed by atoms with Gasteiger partial charge in [-0.15, -0.1) is 0 Å². The number of aromatic nitrogens is 2. The van der Waals surface area contributed by atoms with Crippen LogP contribution in [0.1, 0.15) is 46.0 Å². The molecule has 5 rings (SSSR count). The summed E-state index contributed by atoms with van der Waals surface area (Å²) in [7, 11) is 0. The number of halogens is 1. The number of para-hydroxylation sites is 3. The van der Waals surface area contributed by atoms with Crippen molar-refractivity contribution in [1.29, 1.82) is 0 Å². The Labute approximate surface area is 203 Å². The average Bonchev–Trinajstić information content (AvgIpc) is 3.36. The Morgan fingerprint density at radius 2 is 1.64 bits per heavy atom. The molecule has 1 amide bonds. The highest BCUT2D eigenvalue weighted by molar-refractivity contribution is 9.10. The van der Waals surface area contributed by atoms with E-state index in [9.17, 15) is 4.79 Å². The molecular formula is C28H28BrN3O. The zero-order valence-corrected chi connectivity index (χ0v) is 21.1. The molecule has 0 spiro atoms. The van der Waals surface area contributed by atoms with Gasteiger partial charge in [-0.3, -0.25) is 4.79 Å². The topological polar surface area (TPSA) is 38.1 Å². The van der Waals surface area contributed by atoms with Crippen molar-refractivity contribution < 1.29 is 4.79 Å². The molecule has 0 radical (unpaired) electrons. The second-order valence-electron chi connectivity index (χ2n) is 9.14. The maximum atomic E-state index is 13.1. The second-order valence-corrected chi connectivity index (χ2v) is 9.99. The van der Waals surface area contributed by atoms with Crippen molar-refractivity contribution in [3.05, 3.63) is 92.7 Å². The van der Waals surface area contributed by atoms with Gasteiger partial charge in [-0.05, 0) is 95.7 Å². The highest BCUT2D eigenvalue weighted by atomic mass is 79.9. The number of benzene rings is 3. The van der Waals surface area contributed by atoms with Crippen molar-refractivity contribution in [3.63, 3.8) is 0 Å². The minimum Gasteiger partial charge on any atom is -0.323 e. The number of carbonyl (C=O) groups is 1. The molecule has 0 bridgehead atoms. The maximum Gasteiger partial charge on any atom is 0.227 e. The number of fused-ring (bicyclic) bond motifs is 1. The maximum absolute atomic E-state index is 13.1. The predicted molar refractivity (Wildman–Crippen MR) is 138 cm³/mol. The summed E-state index contributed by atoms with van der Waals surface area (Å²) in [4.78, 5) is 20.0. The molecular weight excluding hydrogens is 474 g/mol. The lowest BCUT2D eigenvalue weighted by atomic mass is 9.94. The van der Waals surface area contributed by atoms with Crippen LogP contribution in [0.25, 0.3) is 11.0 Å². The average molecular weight is 502 g/mol. The molecule has 1 aliphatic rings. The molecule has 1 atom stereocenters. The van der Waals surface area contributed by atoms with E-state index in [1.165, 1.54) is 27.8 Å². The minimum absolute atomic E-state index is 0.0449. The third-order valence-corrected chi connectivity index (χ3v) is 7.83. The fourth-order valence-corrected chi connectivity index (χ4v) is 5.55. The van der Waals surface area contributed by atoms with Crippen LogP contribution in [0.2, 0.25) is 0 Å². The van der Waals surface area contributed by atoms with Gasteiger partial charge in [0.25, 0.3) is 0 Å². The van der Waals surface area contributed by atoms with Gasteiger partial charge >= 0.3 is 0 Å². The molecule has 0 N–H and O–H groups in total. The summed E-state index contributed by atoms with van der Waals surface area (Å²) in [5.74, 6) is 1.19. The van der Waals surface area contributed by atoms with Gasteiger partial charge in [0.05, 0.1) is 16.7 Å². The molecule has 5 heteroatoms. The van der Waals surface area contributed by atoms with Gasteiger partial charge < -0.3 is 9.47 Å². The molecule has 4 nitrogen and oxygen atoms in total. The van der Waals surface area contributed by atoms with E-state index in [1.54, 1.807) is 0 Å².